The molecule has 0 saturated carbocycles. The molecule has 1 aliphatic heterocycles. The van der Waals surface area contributed by atoms with Crippen molar-refractivity contribution in [3.05, 3.63) is 29.6 Å². The maximum Gasteiger partial charge on any atom is 0.360 e. The Morgan fingerprint density at radius 1 is 1.35 bits per heavy atom. The van der Waals surface area contributed by atoms with Crippen molar-refractivity contribution in [1.29, 1.82) is 0 Å². The number of anilines is 1. The Labute approximate surface area is 93.3 Å². The van der Waals surface area contributed by atoms with Crippen LogP contribution in [-0.4, -0.2) is 29.1 Å². The third-order valence-electron chi connectivity index (χ3n) is 2.31. The molecule has 1 atom stereocenters. The smallest absolute Gasteiger partial charge is 0.360 e. The highest BCUT2D eigenvalue weighted by Gasteiger charge is 2.43. The predicted molar refractivity (Wildman–Crippen MR) is 50.7 cm³/mol. The van der Waals surface area contributed by atoms with Gasteiger partial charge < -0.3 is 5.11 Å². The van der Waals surface area contributed by atoms with Crippen molar-refractivity contribution in [3.63, 3.8) is 0 Å². The molecule has 0 aromatic heterocycles. The number of Topliss-reactive ketones (excluding diaryl/α,β-unsaturated/α-hetero) is 1. The SMILES string of the molecule is O=C1C(=O)N(C(F)C(=O)O)c2ccc(F)cc21. The van der Waals surface area contributed by atoms with E-state index in [0.717, 1.165) is 18.2 Å². The number of hydrogen-bond acceptors (Lipinski definition) is 3. The van der Waals surface area contributed by atoms with Crippen molar-refractivity contribution in [3.8, 4) is 0 Å². The number of aliphatic carboxylic acids is 1. The molecule has 0 radical (unpaired) electrons. The lowest BCUT2D eigenvalue weighted by Gasteiger charge is -2.17. The molecular weight excluding hydrogens is 236 g/mol. The quantitative estimate of drug-likeness (QED) is 0.612. The number of fused-ring (bicyclic) bond motifs is 1. The Morgan fingerprint density at radius 2 is 2.00 bits per heavy atom. The van der Waals surface area contributed by atoms with Gasteiger partial charge in [0.05, 0.1) is 11.3 Å². The van der Waals surface area contributed by atoms with E-state index in [9.17, 15) is 23.2 Å². The van der Waals surface area contributed by atoms with E-state index in [1.807, 2.05) is 0 Å². The van der Waals surface area contributed by atoms with Gasteiger partial charge in [0.15, 0.2) is 0 Å². The van der Waals surface area contributed by atoms with Gasteiger partial charge in [-0.2, -0.15) is 0 Å². The minimum Gasteiger partial charge on any atom is -0.478 e. The zero-order valence-corrected chi connectivity index (χ0v) is 8.18. The van der Waals surface area contributed by atoms with Crippen LogP contribution in [0.3, 0.4) is 0 Å². The molecule has 17 heavy (non-hydrogen) atoms. The van der Waals surface area contributed by atoms with E-state index in [4.69, 9.17) is 5.11 Å². The molecule has 0 spiro atoms. The monoisotopic (exact) mass is 241 g/mol. The maximum absolute atomic E-state index is 13.3. The summed E-state index contributed by atoms with van der Waals surface area (Å²) in [5, 5.41) is 8.47. The van der Waals surface area contributed by atoms with Gasteiger partial charge in [-0.05, 0) is 18.2 Å². The molecule has 2 rings (SSSR count). The van der Waals surface area contributed by atoms with Crippen LogP contribution in [0.15, 0.2) is 18.2 Å². The van der Waals surface area contributed by atoms with Crippen LogP contribution in [0, 0.1) is 5.82 Å². The third-order valence-corrected chi connectivity index (χ3v) is 2.31. The molecule has 1 unspecified atom stereocenters. The van der Waals surface area contributed by atoms with Gasteiger partial charge in [0.1, 0.15) is 5.82 Å². The van der Waals surface area contributed by atoms with Crippen LogP contribution >= 0.6 is 0 Å². The van der Waals surface area contributed by atoms with E-state index in [-0.39, 0.29) is 16.2 Å². The summed E-state index contributed by atoms with van der Waals surface area (Å²) in [5.41, 5.74) is -0.574. The zero-order valence-electron chi connectivity index (χ0n) is 8.18. The number of hydrogen-bond donors (Lipinski definition) is 1. The van der Waals surface area contributed by atoms with Gasteiger partial charge in [-0.15, -0.1) is 0 Å². The van der Waals surface area contributed by atoms with Crippen LogP contribution in [0.1, 0.15) is 10.4 Å². The van der Waals surface area contributed by atoms with Gasteiger partial charge in [0, 0.05) is 0 Å². The van der Waals surface area contributed by atoms with E-state index in [1.165, 1.54) is 0 Å². The Bertz CT molecular complexity index is 543. The number of carboxylic acid groups (broad SMARTS) is 1. The lowest BCUT2D eigenvalue weighted by atomic mass is 10.1. The molecule has 0 aliphatic carbocycles. The first kappa shape index (κ1) is 11.2. The standard InChI is InChI=1S/C10H5F2NO4/c11-4-1-2-6-5(3-4)7(14)9(15)13(6)8(12)10(16)17/h1-3,8H,(H,16,17). The fourth-order valence-electron chi connectivity index (χ4n) is 1.57. The van der Waals surface area contributed by atoms with Crippen molar-refractivity contribution < 1.29 is 28.3 Å². The summed E-state index contributed by atoms with van der Waals surface area (Å²) >= 11 is 0. The van der Waals surface area contributed by atoms with Crippen LogP contribution < -0.4 is 4.90 Å². The highest BCUT2D eigenvalue weighted by molar-refractivity contribution is 6.52. The average Bonchev–Trinajstić information content (AvgIpc) is 2.51. The molecule has 7 heteroatoms. The van der Waals surface area contributed by atoms with Crippen LogP contribution in [-0.2, 0) is 9.59 Å². The van der Waals surface area contributed by atoms with Crippen LogP contribution in [0.5, 0.6) is 0 Å². The summed E-state index contributed by atoms with van der Waals surface area (Å²) in [6.07, 6.45) is -2.67. The normalized spacial score (nSPS) is 16.0. The number of benzene rings is 1. The Balaban J connectivity index is 2.56. The van der Waals surface area contributed by atoms with Gasteiger partial charge in [-0.25, -0.2) is 13.6 Å². The van der Waals surface area contributed by atoms with Crippen molar-refractivity contribution in [2.75, 3.05) is 4.90 Å². The minimum atomic E-state index is -2.67. The molecule has 1 aliphatic rings. The number of amides is 1. The number of carboxylic acids is 1. The minimum absolute atomic E-state index is 0.194. The van der Waals surface area contributed by atoms with E-state index >= 15 is 0 Å². The van der Waals surface area contributed by atoms with E-state index < -0.39 is 29.8 Å². The number of alkyl halides is 1. The molecule has 5 nitrogen and oxygen atoms in total. The zero-order chi connectivity index (χ0) is 12.7. The molecule has 1 heterocycles. The summed E-state index contributed by atoms with van der Waals surface area (Å²) in [7, 11) is 0. The predicted octanol–water partition coefficient (Wildman–Crippen LogP) is 0.735. The van der Waals surface area contributed by atoms with E-state index in [2.05, 4.69) is 0 Å². The summed E-state index contributed by atoms with van der Waals surface area (Å²) in [4.78, 5) is 33.4. The lowest BCUT2D eigenvalue weighted by molar-refractivity contribution is -0.144. The number of halogens is 2. The summed E-state index contributed by atoms with van der Waals surface area (Å²) in [6.45, 7) is 0. The molecule has 0 bridgehead atoms. The third kappa shape index (κ3) is 1.55. The number of rotatable bonds is 2. The summed E-state index contributed by atoms with van der Waals surface area (Å²) in [6, 6.07) is 2.67. The van der Waals surface area contributed by atoms with Crippen molar-refractivity contribution in [1.82, 2.24) is 0 Å². The fourth-order valence-corrected chi connectivity index (χ4v) is 1.57. The second kappa shape index (κ2) is 3.62. The summed E-state index contributed by atoms with van der Waals surface area (Å²) in [5.74, 6) is -5.11. The molecule has 88 valence electrons. The molecule has 1 aromatic rings. The van der Waals surface area contributed by atoms with Crippen molar-refractivity contribution >= 4 is 23.3 Å². The number of carbonyl (C=O) groups excluding carboxylic acids is 2. The average molecular weight is 241 g/mol. The van der Waals surface area contributed by atoms with E-state index in [1.54, 1.807) is 0 Å². The van der Waals surface area contributed by atoms with Crippen molar-refractivity contribution in [2.24, 2.45) is 0 Å². The largest absolute Gasteiger partial charge is 0.478 e. The van der Waals surface area contributed by atoms with Gasteiger partial charge in [-0.3, -0.25) is 14.5 Å². The second-order valence-electron chi connectivity index (χ2n) is 3.34. The first-order chi connectivity index (χ1) is 7.93. The topological polar surface area (TPSA) is 74.7 Å². The Kier molecular flexibility index (Phi) is 2.38. The van der Waals surface area contributed by atoms with Crippen LogP contribution in [0.4, 0.5) is 14.5 Å². The fraction of sp³-hybridized carbons (Fsp3) is 0.100. The highest BCUT2D eigenvalue weighted by Crippen LogP contribution is 2.31. The summed E-state index contributed by atoms with van der Waals surface area (Å²) < 4.78 is 26.2. The first-order valence-corrected chi connectivity index (χ1v) is 4.48. The Hall–Kier alpha value is -2.31. The number of ketones is 1. The van der Waals surface area contributed by atoms with E-state index in [0.29, 0.717) is 0 Å². The molecular formula is C10H5F2NO4. The lowest BCUT2D eigenvalue weighted by Crippen LogP contribution is -2.41. The number of nitrogens with zero attached hydrogens (tertiary/aromatic N) is 1. The number of carbonyl (C=O) groups is 3. The van der Waals surface area contributed by atoms with Gasteiger partial charge >= 0.3 is 11.9 Å². The second-order valence-corrected chi connectivity index (χ2v) is 3.34. The van der Waals surface area contributed by atoms with Gasteiger partial charge in [0.25, 0.3) is 12.1 Å². The maximum atomic E-state index is 13.3. The highest BCUT2D eigenvalue weighted by atomic mass is 19.1. The molecule has 1 amide bonds. The van der Waals surface area contributed by atoms with Gasteiger partial charge in [0.2, 0.25) is 0 Å². The first-order valence-electron chi connectivity index (χ1n) is 4.48. The van der Waals surface area contributed by atoms with Crippen LogP contribution in [0.25, 0.3) is 0 Å². The van der Waals surface area contributed by atoms with Crippen LogP contribution in [0.2, 0.25) is 0 Å². The molecule has 0 saturated heterocycles. The molecule has 1 N–H and O–H groups in total. The molecule has 1 aromatic carbocycles. The van der Waals surface area contributed by atoms with Crippen molar-refractivity contribution in [2.45, 2.75) is 6.30 Å². The Morgan fingerprint density at radius 3 is 2.59 bits per heavy atom. The van der Waals surface area contributed by atoms with Gasteiger partial charge in [-0.1, -0.05) is 0 Å². The molecule has 0 fully saturated rings.